The van der Waals surface area contributed by atoms with Crippen molar-refractivity contribution in [2.45, 2.75) is 13.8 Å². The van der Waals surface area contributed by atoms with Crippen LogP contribution in [0.2, 0.25) is 0 Å². The van der Waals surface area contributed by atoms with Gasteiger partial charge >= 0.3 is 0 Å². The first-order valence-corrected chi connectivity index (χ1v) is 4.99. The van der Waals surface area contributed by atoms with Crippen molar-refractivity contribution in [2.75, 3.05) is 24.2 Å². The van der Waals surface area contributed by atoms with E-state index in [9.17, 15) is 0 Å². The highest BCUT2D eigenvalue weighted by atomic mass is 16.3. The first-order valence-electron chi connectivity index (χ1n) is 4.99. The van der Waals surface area contributed by atoms with E-state index < -0.39 is 0 Å². The van der Waals surface area contributed by atoms with Gasteiger partial charge in [0.1, 0.15) is 11.9 Å². The maximum Gasteiger partial charge on any atom is 0.149 e. The van der Waals surface area contributed by atoms with Gasteiger partial charge in [-0.1, -0.05) is 13.8 Å². The standard InChI is InChI=1S/C11H16N4O/c1-11(2,7-16)6-15-10-9(13)3-8(4-12)5-14-10/h3,5,16H,6-7,13H2,1-2H3,(H,14,15). The fourth-order valence-corrected chi connectivity index (χ4v) is 1.07. The quantitative estimate of drug-likeness (QED) is 0.702. The van der Waals surface area contributed by atoms with Crippen LogP contribution in [0, 0.1) is 16.7 Å². The number of anilines is 2. The van der Waals surface area contributed by atoms with E-state index in [1.807, 2.05) is 19.9 Å². The molecule has 0 fully saturated rings. The van der Waals surface area contributed by atoms with Crippen LogP contribution in [0.25, 0.3) is 0 Å². The number of aliphatic hydroxyl groups excluding tert-OH is 1. The van der Waals surface area contributed by atoms with E-state index >= 15 is 0 Å². The second-order valence-electron chi connectivity index (χ2n) is 4.45. The maximum absolute atomic E-state index is 9.09. The Kier molecular flexibility index (Phi) is 3.69. The summed E-state index contributed by atoms with van der Waals surface area (Å²) in [6.45, 7) is 4.50. The van der Waals surface area contributed by atoms with Crippen LogP contribution >= 0.6 is 0 Å². The number of pyridine rings is 1. The summed E-state index contributed by atoms with van der Waals surface area (Å²) in [4.78, 5) is 4.05. The number of nitrogens with zero attached hydrogens (tertiary/aromatic N) is 2. The average molecular weight is 220 g/mol. The lowest BCUT2D eigenvalue weighted by Gasteiger charge is -2.22. The third-order valence-corrected chi connectivity index (χ3v) is 2.21. The lowest BCUT2D eigenvalue weighted by Crippen LogP contribution is -2.27. The van der Waals surface area contributed by atoms with Crippen LogP contribution in [0.3, 0.4) is 0 Å². The smallest absolute Gasteiger partial charge is 0.149 e. The Morgan fingerprint density at radius 1 is 1.62 bits per heavy atom. The summed E-state index contributed by atoms with van der Waals surface area (Å²) >= 11 is 0. The van der Waals surface area contributed by atoms with Gasteiger partial charge < -0.3 is 16.2 Å². The van der Waals surface area contributed by atoms with Gasteiger partial charge in [-0.25, -0.2) is 4.98 Å². The maximum atomic E-state index is 9.09. The van der Waals surface area contributed by atoms with Crippen molar-refractivity contribution >= 4 is 11.5 Å². The van der Waals surface area contributed by atoms with Crippen LogP contribution in [0.15, 0.2) is 12.3 Å². The van der Waals surface area contributed by atoms with Gasteiger partial charge in [-0.3, -0.25) is 0 Å². The Labute approximate surface area is 94.9 Å². The van der Waals surface area contributed by atoms with E-state index in [0.717, 1.165) is 0 Å². The number of rotatable bonds is 4. The molecule has 4 N–H and O–H groups in total. The molecule has 0 bridgehead atoms. The summed E-state index contributed by atoms with van der Waals surface area (Å²) in [7, 11) is 0. The molecule has 0 radical (unpaired) electrons. The molecule has 0 aliphatic rings. The molecule has 0 amide bonds. The molecular weight excluding hydrogens is 204 g/mol. The highest BCUT2D eigenvalue weighted by Crippen LogP contribution is 2.19. The molecular formula is C11H16N4O. The zero-order chi connectivity index (χ0) is 12.2. The topological polar surface area (TPSA) is 95.0 Å². The van der Waals surface area contributed by atoms with E-state index in [1.165, 1.54) is 6.20 Å². The number of nitrogens with one attached hydrogen (secondary N) is 1. The Bertz CT molecular complexity index is 409. The van der Waals surface area contributed by atoms with Crippen molar-refractivity contribution in [2.24, 2.45) is 5.41 Å². The summed E-state index contributed by atoms with van der Waals surface area (Å²) in [5.41, 5.74) is 6.37. The molecule has 0 atom stereocenters. The Balaban J connectivity index is 2.73. The molecule has 5 heteroatoms. The predicted octanol–water partition coefficient (Wildman–Crippen LogP) is 0.966. The monoisotopic (exact) mass is 220 g/mol. The highest BCUT2D eigenvalue weighted by Gasteiger charge is 2.16. The zero-order valence-corrected chi connectivity index (χ0v) is 9.49. The third kappa shape index (κ3) is 3.11. The minimum atomic E-state index is -0.234. The van der Waals surface area contributed by atoms with Crippen LogP contribution in [-0.4, -0.2) is 23.2 Å². The van der Waals surface area contributed by atoms with Crippen molar-refractivity contribution in [1.29, 1.82) is 5.26 Å². The van der Waals surface area contributed by atoms with Crippen LogP contribution in [0.1, 0.15) is 19.4 Å². The Morgan fingerprint density at radius 3 is 2.81 bits per heavy atom. The van der Waals surface area contributed by atoms with Gasteiger partial charge in [0, 0.05) is 24.8 Å². The average Bonchev–Trinajstić information content (AvgIpc) is 2.27. The van der Waals surface area contributed by atoms with Gasteiger partial charge in [0.05, 0.1) is 11.3 Å². The molecule has 0 saturated carbocycles. The van der Waals surface area contributed by atoms with Crippen LogP contribution in [-0.2, 0) is 0 Å². The van der Waals surface area contributed by atoms with Crippen molar-refractivity contribution in [3.05, 3.63) is 17.8 Å². The van der Waals surface area contributed by atoms with E-state index in [2.05, 4.69) is 10.3 Å². The minimum absolute atomic E-state index is 0.0795. The van der Waals surface area contributed by atoms with Crippen LogP contribution < -0.4 is 11.1 Å². The van der Waals surface area contributed by atoms with E-state index in [-0.39, 0.29) is 12.0 Å². The van der Waals surface area contributed by atoms with E-state index in [0.29, 0.717) is 23.6 Å². The number of nitrogen functional groups attached to an aromatic ring is 1. The normalized spacial score (nSPS) is 10.9. The van der Waals surface area contributed by atoms with Crippen molar-refractivity contribution in [1.82, 2.24) is 4.98 Å². The molecule has 1 aromatic heterocycles. The predicted molar refractivity (Wildman–Crippen MR) is 62.7 cm³/mol. The molecule has 0 aromatic carbocycles. The third-order valence-electron chi connectivity index (χ3n) is 2.21. The van der Waals surface area contributed by atoms with E-state index in [4.69, 9.17) is 16.1 Å². The Hall–Kier alpha value is -1.80. The summed E-state index contributed by atoms with van der Waals surface area (Å²) < 4.78 is 0. The van der Waals surface area contributed by atoms with Crippen molar-refractivity contribution in [3.8, 4) is 6.07 Å². The molecule has 0 aliphatic heterocycles. The molecule has 86 valence electrons. The van der Waals surface area contributed by atoms with Gasteiger partial charge in [0.25, 0.3) is 0 Å². The van der Waals surface area contributed by atoms with Gasteiger partial charge in [-0.15, -0.1) is 0 Å². The number of aliphatic hydroxyl groups is 1. The van der Waals surface area contributed by atoms with Gasteiger partial charge in [-0.2, -0.15) is 5.26 Å². The summed E-state index contributed by atoms with van der Waals surface area (Å²) in [5.74, 6) is 0.542. The van der Waals surface area contributed by atoms with Crippen molar-refractivity contribution < 1.29 is 5.11 Å². The van der Waals surface area contributed by atoms with Crippen LogP contribution in [0.5, 0.6) is 0 Å². The molecule has 1 heterocycles. The molecule has 0 aliphatic carbocycles. The van der Waals surface area contributed by atoms with Crippen LogP contribution in [0.4, 0.5) is 11.5 Å². The fraction of sp³-hybridized carbons (Fsp3) is 0.455. The minimum Gasteiger partial charge on any atom is -0.396 e. The fourth-order valence-electron chi connectivity index (χ4n) is 1.07. The number of hydrogen-bond acceptors (Lipinski definition) is 5. The number of nitrogens with two attached hydrogens (primary N) is 1. The highest BCUT2D eigenvalue weighted by molar-refractivity contribution is 5.63. The van der Waals surface area contributed by atoms with Gasteiger partial charge in [-0.05, 0) is 6.07 Å². The number of nitriles is 1. The first kappa shape index (κ1) is 12.3. The largest absolute Gasteiger partial charge is 0.396 e. The summed E-state index contributed by atoms with van der Waals surface area (Å²) in [5, 5.41) is 20.8. The zero-order valence-electron chi connectivity index (χ0n) is 9.49. The lowest BCUT2D eigenvalue weighted by molar-refractivity contribution is 0.171. The molecule has 5 nitrogen and oxygen atoms in total. The molecule has 0 spiro atoms. The Morgan fingerprint density at radius 2 is 2.31 bits per heavy atom. The van der Waals surface area contributed by atoms with Crippen molar-refractivity contribution in [3.63, 3.8) is 0 Å². The summed E-state index contributed by atoms with van der Waals surface area (Å²) in [6, 6.07) is 3.54. The second kappa shape index (κ2) is 4.81. The molecule has 16 heavy (non-hydrogen) atoms. The second-order valence-corrected chi connectivity index (χ2v) is 4.45. The molecule has 0 saturated heterocycles. The molecule has 1 aromatic rings. The lowest BCUT2D eigenvalue weighted by atomic mass is 9.95. The van der Waals surface area contributed by atoms with Gasteiger partial charge in [0.2, 0.25) is 0 Å². The first-order chi connectivity index (χ1) is 7.48. The molecule has 0 unspecified atom stereocenters. The number of aromatic nitrogens is 1. The van der Waals surface area contributed by atoms with E-state index in [1.54, 1.807) is 6.07 Å². The summed E-state index contributed by atoms with van der Waals surface area (Å²) in [6.07, 6.45) is 1.46. The van der Waals surface area contributed by atoms with Gasteiger partial charge in [0.15, 0.2) is 0 Å². The number of hydrogen-bond donors (Lipinski definition) is 3. The SMILES string of the molecule is CC(C)(CO)CNc1ncc(C#N)cc1N. The molecule has 1 rings (SSSR count).